The number of phenolic OH excluding ortho intramolecular Hbond substituents is 1. The molecule has 0 radical (unpaired) electrons. The monoisotopic (exact) mass is 369 g/mol. The van der Waals surface area contributed by atoms with Crippen LogP contribution in [0.1, 0.15) is 40.4 Å². The first-order chi connectivity index (χ1) is 13.0. The van der Waals surface area contributed by atoms with E-state index in [-0.39, 0.29) is 29.7 Å². The molecular weight excluding hydrogens is 346 g/mol. The summed E-state index contributed by atoms with van der Waals surface area (Å²) < 4.78 is 10.6. The first-order valence-electron chi connectivity index (χ1n) is 9.16. The maximum atomic E-state index is 12.8. The van der Waals surface area contributed by atoms with E-state index in [1.54, 1.807) is 12.1 Å². The summed E-state index contributed by atoms with van der Waals surface area (Å²) in [6, 6.07) is 10.4. The second-order valence-corrected chi connectivity index (χ2v) is 7.19. The molecule has 6 heteroatoms. The topological polar surface area (TPSA) is 88.0 Å². The van der Waals surface area contributed by atoms with E-state index >= 15 is 0 Å². The van der Waals surface area contributed by atoms with Crippen molar-refractivity contribution in [3.8, 4) is 17.2 Å². The van der Waals surface area contributed by atoms with Crippen molar-refractivity contribution in [3.63, 3.8) is 0 Å². The highest BCUT2D eigenvalue weighted by atomic mass is 16.5. The van der Waals surface area contributed by atoms with Gasteiger partial charge in [0.1, 0.15) is 5.75 Å². The highest BCUT2D eigenvalue weighted by Gasteiger charge is 2.36. The van der Waals surface area contributed by atoms with Crippen molar-refractivity contribution in [3.05, 3.63) is 53.1 Å². The number of benzene rings is 2. The summed E-state index contributed by atoms with van der Waals surface area (Å²) in [4.78, 5) is 12.8. The third-order valence-electron chi connectivity index (χ3n) is 5.42. The van der Waals surface area contributed by atoms with Crippen LogP contribution in [0.3, 0.4) is 0 Å². The van der Waals surface area contributed by atoms with Crippen LogP contribution in [-0.4, -0.2) is 35.9 Å². The average Bonchev–Trinajstić information content (AvgIpc) is 3.11. The lowest BCUT2D eigenvalue weighted by atomic mass is 9.74. The second-order valence-electron chi connectivity index (χ2n) is 7.19. The van der Waals surface area contributed by atoms with Gasteiger partial charge in [0.25, 0.3) is 5.91 Å². The number of phenols is 1. The van der Waals surface area contributed by atoms with Gasteiger partial charge < -0.3 is 25.0 Å². The summed E-state index contributed by atoms with van der Waals surface area (Å²) in [5.41, 5.74) is 2.53. The molecule has 0 spiro atoms. The SMILES string of the molecule is COc1ccc(C(=O)N[C@@H](c2ccc3c(c2)CCO3)C2CC(O)C2)cc1O. The standard InChI is InChI=1S/C21H23NO5/c1-26-19-5-3-14(11-17(19)24)21(25)22-20(15-9-16(23)10-15)13-2-4-18-12(8-13)6-7-27-18/h2-5,8,11,15-16,20,23-24H,6-7,9-10H2,1H3,(H,22,25)/t15?,16?,20-/m0/s1. The average molecular weight is 369 g/mol. The van der Waals surface area contributed by atoms with Gasteiger partial charge in [0, 0.05) is 12.0 Å². The fourth-order valence-corrected chi connectivity index (χ4v) is 3.83. The minimum absolute atomic E-state index is 0.0737. The van der Waals surface area contributed by atoms with Crippen molar-refractivity contribution in [2.75, 3.05) is 13.7 Å². The Morgan fingerprint density at radius 3 is 2.78 bits per heavy atom. The Bertz CT molecular complexity index is 860. The van der Waals surface area contributed by atoms with Gasteiger partial charge in [0.2, 0.25) is 0 Å². The number of hydrogen-bond donors (Lipinski definition) is 3. The van der Waals surface area contributed by atoms with Gasteiger partial charge in [0.15, 0.2) is 11.5 Å². The number of amides is 1. The van der Waals surface area contributed by atoms with E-state index < -0.39 is 0 Å². The number of carbonyl (C=O) groups excluding carboxylic acids is 1. The molecule has 0 bridgehead atoms. The number of aliphatic hydroxyl groups is 1. The van der Waals surface area contributed by atoms with Gasteiger partial charge in [-0.1, -0.05) is 6.07 Å². The number of methoxy groups -OCH3 is 1. The first-order valence-corrected chi connectivity index (χ1v) is 9.16. The molecule has 0 aromatic heterocycles. The molecule has 2 aromatic carbocycles. The number of aromatic hydroxyl groups is 1. The molecule has 1 fully saturated rings. The summed E-state index contributed by atoms with van der Waals surface area (Å²) in [6.45, 7) is 0.684. The Morgan fingerprint density at radius 2 is 2.07 bits per heavy atom. The Kier molecular flexibility index (Phi) is 4.66. The molecule has 6 nitrogen and oxygen atoms in total. The number of rotatable bonds is 5. The maximum Gasteiger partial charge on any atom is 0.251 e. The molecule has 1 heterocycles. The van der Waals surface area contributed by atoms with Crippen molar-refractivity contribution >= 4 is 5.91 Å². The van der Waals surface area contributed by atoms with Gasteiger partial charge in [-0.25, -0.2) is 0 Å². The van der Waals surface area contributed by atoms with E-state index in [2.05, 4.69) is 11.4 Å². The molecule has 2 aromatic rings. The lowest BCUT2D eigenvalue weighted by Crippen LogP contribution is -2.41. The Hall–Kier alpha value is -2.73. The molecule has 27 heavy (non-hydrogen) atoms. The Morgan fingerprint density at radius 1 is 1.26 bits per heavy atom. The second kappa shape index (κ2) is 7.12. The predicted molar refractivity (Wildman–Crippen MR) is 99.2 cm³/mol. The minimum atomic E-state index is -0.308. The first kappa shape index (κ1) is 17.7. The van der Waals surface area contributed by atoms with Crippen LogP contribution in [0.25, 0.3) is 0 Å². The molecule has 1 aliphatic heterocycles. The molecule has 1 saturated carbocycles. The van der Waals surface area contributed by atoms with Crippen LogP contribution in [0.4, 0.5) is 0 Å². The number of nitrogens with one attached hydrogen (secondary N) is 1. The molecule has 2 aliphatic rings. The van der Waals surface area contributed by atoms with E-state index in [4.69, 9.17) is 9.47 Å². The van der Waals surface area contributed by atoms with Crippen molar-refractivity contribution in [1.29, 1.82) is 0 Å². The maximum absolute atomic E-state index is 12.8. The molecular formula is C21H23NO5. The summed E-state index contributed by atoms with van der Waals surface area (Å²) in [5, 5.41) is 22.8. The van der Waals surface area contributed by atoms with Crippen LogP contribution in [-0.2, 0) is 6.42 Å². The third kappa shape index (κ3) is 3.45. The van der Waals surface area contributed by atoms with Gasteiger partial charge in [-0.05, 0) is 60.2 Å². The number of carbonyl (C=O) groups is 1. The van der Waals surface area contributed by atoms with Crippen molar-refractivity contribution < 1.29 is 24.5 Å². The fraction of sp³-hybridized carbons (Fsp3) is 0.381. The van der Waals surface area contributed by atoms with Crippen LogP contribution in [0.2, 0.25) is 0 Å². The number of hydrogen-bond acceptors (Lipinski definition) is 5. The van der Waals surface area contributed by atoms with Crippen LogP contribution < -0.4 is 14.8 Å². The molecule has 0 saturated heterocycles. The van der Waals surface area contributed by atoms with E-state index in [1.165, 1.54) is 13.2 Å². The molecule has 1 atom stereocenters. The molecule has 0 unspecified atom stereocenters. The quantitative estimate of drug-likeness (QED) is 0.754. The summed E-state index contributed by atoms with van der Waals surface area (Å²) in [6.07, 6.45) is 1.87. The van der Waals surface area contributed by atoms with Crippen molar-refractivity contribution in [2.45, 2.75) is 31.4 Å². The van der Waals surface area contributed by atoms with Crippen molar-refractivity contribution in [1.82, 2.24) is 5.32 Å². The van der Waals surface area contributed by atoms with E-state index in [0.29, 0.717) is 30.8 Å². The zero-order valence-electron chi connectivity index (χ0n) is 15.1. The van der Waals surface area contributed by atoms with E-state index in [9.17, 15) is 15.0 Å². The fourth-order valence-electron chi connectivity index (χ4n) is 3.83. The van der Waals surface area contributed by atoms with Gasteiger partial charge in [-0.3, -0.25) is 4.79 Å². The predicted octanol–water partition coefficient (Wildman–Crippen LogP) is 2.58. The summed E-state index contributed by atoms with van der Waals surface area (Å²) in [5.74, 6) is 1.06. The van der Waals surface area contributed by atoms with Crippen LogP contribution in [0.15, 0.2) is 36.4 Å². The van der Waals surface area contributed by atoms with Crippen molar-refractivity contribution in [2.24, 2.45) is 5.92 Å². The molecule has 3 N–H and O–H groups in total. The highest BCUT2D eigenvalue weighted by molar-refractivity contribution is 5.95. The number of ether oxygens (including phenoxy) is 2. The van der Waals surface area contributed by atoms with Crippen LogP contribution in [0, 0.1) is 5.92 Å². The highest BCUT2D eigenvalue weighted by Crippen LogP contribution is 2.40. The largest absolute Gasteiger partial charge is 0.504 e. The third-order valence-corrected chi connectivity index (χ3v) is 5.42. The van der Waals surface area contributed by atoms with Gasteiger partial charge in [-0.15, -0.1) is 0 Å². The number of fused-ring (bicyclic) bond motifs is 1. The van der Waals surface area contributed by atoms with Crippen LogP contribution >= 0.6 is 0 Å². The van der Waals surface area contributed by atoms with Gasteiger partial charge in [0.05, 0.1) is 25.9 Å². The Labute approximate surface area is 157 Å². The molecule has 142 valence electrons. The molecule has 1 amide bonds. The summed E-state index contributed by atoms with van der Waals surface area (Å²) in [7, 11) is 1.46. The summed E-state index contributed by atoms with van der Waals surface area (Å²) >= 11 is 0. The van der Waals surface area contributed by atoms with Crippen LogP contribution in [0.5, 0.6) is 17.2 Å². The molecule has 4 rings (SSSR count). The number of aliphatic hydroxyl groups excluding tert-OH is 1. The van der Waals surface area contributed by atoms with Gasteiger partial charge >= 0.3 is 0 Å². The minimum Gasteiger partial charge on any atom is -0.504 e. The van der Waals surface area contributed by atoms with E-state index in [0.717, 1.165) is 23.3 Å². The lowest BCUT2D eigenvalue weighted by Gasteiger charge is -2.38. The van der Waals surface area contributed by atoms with Gasteiger partial charge in [-0.2, -0.15) is 0 Å². The smallest absolute Gasteiger partial charge is 0.251 e. The lowest BCUT2D eigenvalue weighted by molar-refractivity contribution is 0.0235. The zero-order valence-corrected chi connectivity index (χ0v) is 15.1. The zero-order chi connectivity index (χ0) is 19.0. The normalized spacial score (nSPS) is 21.6. The van der Waals surface area contributed by atoms with E-state index in [1.807, 2.05) is 12.1 Å². The molecule has 1 aliphatic carbocycles. The Balaban J connectivity index is 1.58.